The lowest BCUT2D eigenvalue weighted by Crippen LogP contribution is -2.20. The number of hydrogen-bond acceptors (Lipinski definition) is 4. The van der Waals surface area contributed by atoms with Gasteiger partial charge in [-0.1, -0.05) is 0 Å². The Morgan fingerprint density at radius 2 is 2.09 bits per heavy atom. The van der Waals surface area contributed by atoms with Gasteiger partial charge in [-0.15, -0.1) is 0 Å². The van der Waals surface area contributed by atoms with Crippen molar-refractivity contribution in [3.05, 3.63) is 48.4 Å². The molecular formula is C18H19N3O2. The van der Waals surface area contributed by atoms with Crippen molar-refractivity contribution < 1.29 is 9.84 Å². The number of ether oxygens (including phenoxy) is 1. The number of rotatable bonds is 3. The molecule has 0 bridgehead atoms. The van der Waals surface area contributed by atoms with E-state index in [1.165, 1.54) is 6.42 Å². The van der Waals surface area contributed by atoms with Crippen LogP contribution in [-0.2, 0) is 11.2 Å². The van der Waals surface area contributed by atoms with Crippen LogP contribution < -0.4 is 0 Å². The largest absolute Gasteiger partial charge is 0.508 e. The van der Waals surface area contributed by atoms with E-state index < -0.39 is 0 Å². The molecule has 1 saturated heterocycles. The third kappa shape index (κ3) is 2.80. The molecule has 0 aliphatic carbocycles. The van der Waals surface area contributed by atoms with Gasteiger partial charge in [-0.05, 0) is 55.2 Å². The van der Waals surface area contributed by atoms with E-state index in [1.54, 1.807) is 18.3 Å². The number of phenolic OH excluding ortho intramolecular Hbond substituents is 1. The minimum Gasteiger partial charge on any atom is -0.508 e. The molecule has 1 aliphatic heterocycles. The number of aromatic nitrogens is 3. The van der Waals surface area contributed by atoms with E-state index in [0.29, 0.717) is 5.92 Å². The Morgan fingerprint density at radius 1 is 1.22 bits per heavy atom. The fraction of sp³-hybridized carbons (Fsp3) is 0.333. The molecule has 2 aromatic heterocycles. The van der Waals surface area contributed by atoms with Gasteiger partial charge in [0.2, 0.25) is 0 Å². The van der Waals surface area contributed by atoms with Gasteiger partial charge in [0.1, 0.15) is 17.1 Å². The average Bonchev–Trinajstić information content (AvgIpc) is 2.94. The monoisotopic (exact) mass is 309 g/mol. The molecule has 1 aliphatic rings. The van der Waals surface area contributed by atoms with E-state index in [2.05, 4.69) is 9.55 Å². The number of hydrogen-bond donors (Lipinski definition) is 1. The maximum Gasteiger partial charge on any atom is 0.164 e. The Kier molecular flexibility index (Phi) is 3.71. The van der Waals surface area contributed by atoms with Gasteiger partial charge in [0.25, 0.3) is 0 Å². The summed E-state index contributed by atoms with van der Waals surface area (Å²) in [7, 11) is 0. The molecule has 1 fully saturated rings. The van der Waals surface area contributed by atoms with Crippen LogP contribution in [0.2, 0.25) is 0 Å². The van der Waals surface area contributed by atoms with Gasteiger partial charge >= 0.3 is 0 Å². The first-order chi connectivity index (χ1) is 11.3. The van der Waals surface area contributed by atoms with Crippen LogP contribution >= 0.6 is 0 Å². The molecule has 5 heteroatoms. The quantitative estimate of drug-likeness (QED) is 0.807. The van der Waals surface area contributed by atoms with Crippen LogP contribution in [0, 0.1) is 5.92 Å². The van der Waals surface area contributed by atoms with Crippen LogP contribution in [0.5, 0.6) is 5.75 Å². The number of aromatic hydroxyl groups is 1. The number of imidazole rings is 1. The summed E-state index contributed by atoms with van der Waals surface area (Å²) in [6, 6.07) is 11.1. The highest BCUT2D eigenvalue weighted by atomic mass is 16.5. The lowest BCUT2D eigenvalue weighted by molar-refractivity contribution is 0.0542. The van der Waals surface area contributed by atoms with Gasteiger partial charge < -0.3 is 9.84 Å². The standard InChI is InChI=1S/C18H19N3O2/c22-15-7-5-14(6-8-15)21-17(11-13-3-2-10-23-12-13)20-16-4-1-9-19-18(16)21/h1,4-9,13,22H,2-3,10-12H2. The van der Waals surface area contributed by atoms with Crippen molar-refractivity contribution in [2.45, 2.75) is 19.3 Å². The summed E-state index contributed by atoms with van der Waals surface area (Å²) in [5.41, 5.74) is 2.72. The van der Waals surface area contributed by atoms with Gasteiger partial charge in [0, 0.05) is 31.5 Å². The predicted octanol–water partition coefficient (Wildman–Crippen LogP) is 3.10. The second-order valence-electron chi connectivity index (χ2n) is 6.01. The molecule has 5 nitrogen and oxygen atoms in total. The third-order valence-corrected chi connectivity index (χ3v) is 4.32. The van der Waals surface area contributed by atoms with E-state index in [-0.39, 0.29) is 5.75 Å². The molecule has 0 amide bonds. The average molecular weight is 309 g/mol. The zero-order chi connectivity index (χ0) is 15.6. The smallest absolute Gasteiger partial charge is 0.164 e. The van der Waals surface area contributed by atoms with Crippen LogP contribution in [0.1, 0.15) is 18.7 Å². The van der Waals surface area contributed by atoms with E-state index in [1.807, 2.05) is 24.3 Å². The molecule has 1 aromatic carbocycles. The Morgan fingerprint density at radius 3 is 2.87 bits per heavy atom. The predicted molar refractivity (Wildman–Crippen MR) is 87.8 cm³/mol. The van der Waals surface area contributed by atoms with E-state index in [0.717, 1.165) is 48.7 Å². The van der Waals surface area contributed by atoms with Crippen LogP contribution in [0.15, 0.2) is 42.6 Å². The van der Waals surface area contributed by atoms with Crippen molar-refractivity contribution in [1.29, 1.82) is 0 Å². The van der Waals surface area contributed by atoms with Crippen LogP contribution in [0.4, 0.5) is 0 Å². The van der Waals surface area contributed by atoms with Crippen LogP contribution in [0.3, 0.4) is 0 Å². The summed E-state index contributed by atoms with van der Waals surface area (Å²) in [5, 5.41) is 9.54. The minimum atomic E-state index is 0.258. The first-order valence-electron chi connectivity index (χ1n) is 8.01. The minimum absolute atomic E-state index is 0.258. The number of nitrogens with zero attached hydrogens (tertiary/aromatic N) is 3. The highest BCUT2D eigenvalue weighted by Gasteiger charge is 2.20. The van der Waals surface area contributed by atoms with E-state index in [4.69, 9.17) is 9.72 Å². The van der Waals surface area contributed by atoms with Crippen molar-refractivity contribution in [3.8, 4) is 11.4 Å². The second kappa shape index (κ2) is 6.01. The maximum absolute atomic E-state index is 9.54. The molecule has 1 N–H and O–H groups in total. The van der Waals surface area contributed by atoms with Crippen molar-refractivity contribution in [1.82, 2.24) is 14.5 Å². The number of phenols is 1. The highest BCUT2D eigenvalue weighted by molar-refractivity contribution is 5.73. The molecular weight excluding hydrogens is 290 g/mol. The third-order valence-electron chi connectivity index (χ3n) is 4.32. The van der Waals surface area contributed by atoms with Crippen LogP contribution in [-0.4, -0.2) is 32.9 Å². The molecule has 3 aromatic rings. The van der Waals surface area contributed by atoms with Gasteiger partial charge in [-0.25, -0.2) is 9.97 Å². The van der Waals surface area contributed by atoms with Crippen molar-refractivity contribution in [3.63, 3.8) is 0 Å². The summed E-state index contributed by atoms with van der Waals surface area (Å²) in [6.45, 7) is 1.67. The molecule has 23 heavy (non-hydrogen) atoms. The molecule has 0 saturated carbocycles. The van der Waals surface area contributed by atoms with E-state index >= 15 is 0 Å². The molecule has 4 rings (SSSR count). The fourth-order valence-electron chi connectivity index (χ4n) is 3.20. The maximum atomic E-state index is 9.54. The van der Waals surface area contributed by atoms with Crippen molar-refractivity contribution >= 4 is 11.2 Å². The summed E-state index contributed by atoms with van der Waals surface area (Å²) >= 11 is 0. The summed E-state index contributed by atoms with van der Waals surface area (Å²) < 4.78 is 7.69. The summed E-state index contributed by atoms with van der Waals surface area (Å²) in [5.74, 6) is 1.75. The lowest BCUT2D eigenvalue weighted by atomic mass is 9.98. The number of benzene rings is 1. The number of pyridine rings is 1. The SMILES string of the molecule is Oc1ccc(-n2c(CC3CCCOC3)nc3cccnc32)cc1. The second-order valence-corrected chi connectivity index (χ2v) is 6.01. The Labute approximate surface area is 134 Å². The molecule has 1 atom stereocenters. The van der Waals surface area contributed by atoms with Crippen LogP contribution in [0.25, 0.3) is 16.9 Å². The summed E-state index contributed by atoms with van der Waals surface area (Å²) in [6.07, 6.45) is 4.94. The lowest BCUT2D eigenvalue weighted by Gasteiger charge is -2.22. The number of fused-ring (bicyclic) bond motifs is 1. The normalized spacial score (nSPS) is 18.3. The Hall–Kier alpha value is -2.40. The van der Waals surface area contributed by atoms with E-state index in [9.17, 15) is 5.11 Å². The van der Waals surface area contributed by atoms with Gasteiger partial charge in [0.05, 0.1) is 0 Å². The Balaban J connectivity index is 1.79. The zero-order valence-electron chi connectivity index (χ0n) is 12.9. The topological polar surface area (TPSA) is 60.2 Å². The van der Waals surface area contributed by atoms with Gasteiger partial charge in [-0.2, -0.15) is 0 Å². The highest BCUT2D eigenvalue weighted by Crippen LogP contribution is 2.25. The molecule has 0 radical (unpaired) electrons. The summed E-state index contributed by atoms with van der Waals surface area (Å²) in [4.78, 5) is 9.29. The molecule has 3 heterocycles. The van der Waals surface area contributed by atoms with Crippen molar-refractivity contribution in [2.75, 3.05) is 13.2 Å². The fourth-order valence-corrected chi connectivity index (χ4v) is 3.20. The van der Waals surface area contributed by atoms with Gasteiger partial charge in [0.15, 0.2) is 5.65 Å². The zero-order valence-corrected chi connectivity index (χ0v) is 12.9. The first-order valence-corrected chi connectivity index (χ1v) is 8.01. The van der Waals surface area contributed by atoms with Gasteiger partial charge in [-0.3, -0.25) is 4.57 Å². The molecule has 0 spiro atoms. The van der Waals surface area contributed by atoms with Crippen molar-refractivity contribution in [2.24, 2.45) is 5.92 Å². The molecule has 118 valence electrons. The Bertz CT molecular complexity index is 805. The molecule has 1 unspecified atom stereocenters. The first kappa shape index (κ1) is 14.2.